The van der Waals surface area contributed by atoms with Crippen LogP contribution < -0.4 is 21.9 Å². The van der Waals surface area contributed by atoms with Gasteiger partial charge in [-0.1, -0.05) is 32.0 Å². The first kappa shape index (κ1) is 39.6. The highest BCUT2D eigenvalue weighted by atomic mass is 35.5. The van der Waals surface area contributed by atoms with Crippen LogP contribution in [-0.2, 0) is 30.6 Å². The second-order valence-corrected chi connectivity index (χ2v) is 10.3. The molecule has 0 aromatic carbocycles. The first-order chi connectivity index (χ1) is 19.9. The quantitative estimate of drug-likeness (QED) is 0.206. The zero-order chi connectivity index (χ0) is 28.9. The molecule has 1 amide bonds. The van der Waals surface area contributed by atoms with Crippen LogP contribution in [0.1, 0.15) is 72.0 Å². The van der Waals surface area contributed by atoms with E-state index in [-0.39, 0.29) is 72.8 Å². The highest BCUT2D eigenvalue weighted by molar-refractivity contribution is 5.86. The second-order valence-electron chi connectivity index (χ2n) is 10.3. The van der Waals surface area contributed by atoms with Crippen molar-refractivity contribution >= 4 is 67.2 Å². The summed E-state index contributed by atoms with van der Waals surface area (Å²) in [6.45, 7) is 6.69. The van der Waals surface area contributed by atoms with E-state index in [4.69, 9.17) is 15.7 Å². The van der Waals surface area contributed by atoms with E-state index in [1.807, 2.05) is 49.4 Å². The van der Waals surface area contributed by atoms with Gasteiger partial charge in [-0.15, -0.1) is 49.6 Å². The number of nitrogen functional groups attached to an aromatic ring is 1. The lowest BCUT2D eigenvalue weighted by Crippen LogP contribution is -2.36. The van der Waals surface area contributed by atoms with Gasteiger partial charge in [0.05, 0.1) is 17.3 Å². The molecule has 1 aliphatic rings. The minimum absolute atomic E-state index is 0. The third-order valence-corrected chi connectivity index (χ3v) is 7.60. The molecule has 5 rings (SSSR count). The van der Waals surface area contributed by atoms with E-state index in [2.05, 4.69) is 34.4 Å². The number of nitrogens with two attached hydrogens (primary N) is 1. The smallest absolute Gasteiger partial charge is 0.294 e. The third-order valence-electron chi connectivity index (χ3n) is 7.60. The highest BCUT2D eigenvalue weighted by Crippen LogP contribution is 2.26. The van der Waals surface area contributed by atoms with E-state index >= 15 is 0 Å². The number of pyridine rings is 3. The van der Waals surface area contributed by atoms with E-state index in [0.717, 1.165) is 52.6 Å². The largest absolute Gasteiger partial charge is 0.384 e. The maximum atomic E-state index is 13.6. The van der Waals surface area contributed by atoms with Crippen molar-refractivity contribution in [1.82, 2.24) is 29.8 Å². The summed E-state index contributed by atoms with van der Waals surface area (Å²) in [5.74, 6) is 0.239. The van der Waals surface area contributed by atoms with Crippen molar-refractivity contribution in [3.63, 3.8) is 0 Å². The Labute approximate surface area is 288 Å². The molecule has 4 aromatic rings. The number of aromatic nitrogens is 5. The third kappa shape index (κ3) is 9.07. The molecule has 1 aliphatic heterocycles. The Balaban J connectivity index is 0.00000253. The molecule has 45 heavy (non-hydrogen) atoms. The van der Waals surface area contributed by atoms with Crippen LogP contribution in [0.4, 0.5) is 11.6 Å². The Morgan fingerprint density at radius 3 is 2.16 bits per heavy atom. The Hall–Kier alpha value is -3.44. The predicted molar refractivity (Wildman–Crippen MR) is 188 cm³/mol. The van der Waals surface area contributed by atoms with Crippen molar-refractivity contribution in [2.45, 2.75) is 65.0 Å². The summed E-state index contributed by atoms with van der Waals surface area (Å²) in [4.78, 5) is 45.3. The van der Waals surface area contributed by atoms with Crippen LogP contribution in [0.5, 0.6) is 0 Å². The molecule has 4 N–H and O–H groups in total. The first-order valence-electron chi connectivity index (χ1n) is 14.1. The van der Waals surface area contributed by atoms with Crippen molar-refractivity contribution < 1.29 is 4.79 Å². The fourth-order valence-electron chi connectivity index (χ4n) is 5.24. The molecule has 10 nitrogen and oxygen atoms in total. The van der Waals surface area contributed by atoms with Gasteiger partial charge in [-0.2, -0.15) is 0 Å². The van der Waals surface area contributed by atoms with Crippen LogP contribution in [0.15, 0.2) is 59.5 Å². The van der Waals surface area contributed by atoms with Gasteiger partial charge in [0, 0.05) is 42.1 Å². The number of nitrogens with one attached hydrogen (secondary N) is 2. The van der Waals surface area contributed by atoms with Crippen molar-refractivity contribution in [3.05, 3.63) is 105 Å². The van der Waals surface area contributed by atoms with Crippen molar-refractivity contribution in [3.8, 4) is 0 Å². The van der Waals surface area contributed by atoms with Gasteiger partial charge in [-0.05, 0) is 68.5 Å². The number of nitrogens with zero attached hydrogens (tertiary/aromatic N) is 5. The van der Waals surface area contributed by atoms with Gasteiger partial charge in [-0.25, -0.2) is 9.97 Å². The molecule has 0 unspecified atom stereocenters. The number of hydrogen-bond acceptors (Lipinski definition) is 8. The summed E-state index contributed by atoms with van der Waals surface area (Å²) in [7, 11) is 0. The topological polar surface area (TPSA) is 141 Å². The molecule has 0 saturated heterocycles. The van der Waals surface area contributed by atoms with E-state index in [1.54, 1.807) is 16.8 Å². The van der Waals surface area contributed by atoms with Gasteiger partial charge in [0.2, 0.25) is 5.91 Å². The van der Waals surface area contributed by atoms with Gasteiger partial charge in [-0.3, -0.25) is 24.1 Å². The van der Waals surface area contributed by atoms with Gasteiger partial charge >= 0.3 is 0 Å². The maximum Gasteiger partial charge on any atom is 0.294 e. The molecule has 0 saturated carbocycles. The number of carbonyl (C=O) groups is 1. The number of halogens is 4. The lowest BCUT2D eigenvalue weighted by molar-refractivity contribution is -0.124. The van der Waals surface area contributed by atoms with Gasteiger partial charge in [0.1, 0.15) is 11.9 Å². The van der Waals surface area contributed by atoms with Crippen LogP contribution in [0.25, 0.3) is 0 Å². The first-order valence-corrected chi connectivity index (χ1v) is 14.1. The SMILES string of the molecule is CCc1cccc(C(CNc2ncc3n(c2=O)[C@H](C(=O)NCc2ccc(N)nc2C)CC3)c2cccc(CC)n2)n1.Cl.Cl.Cl.Cl. The van der Waals surface area contributed by atoms with Crippen molar-refractivity contribution in [1.29, 1.82) is 0 Å². The zero-order valence-electron chi connectivity index (χ0n) is 25.4. The summed E-state index contributed by atoms with van der Waals surface area (Å²) in [5.41, 5.74) is 11.6. The summed E-state index contributed by atoms with van der Waals surface area (Å²) in [5, 5.41) is 6.24. The average Bonchev–Trinajstić information content (AvgIpc) is 3.43. The molecular weight excluding hydrogens is 658 g/mol. The van der Waals surface area contributed by atoms with Crippen LogP contribution in [0, 0.1) is 6.92 Å². The number of carbonyl (C=O) groups excluding carboxylic acids is 1. The number of amides is 1. The van der Waals surface area contributed by atoms with Crippen molar-refractivity contribution in [2.24, 2.45) is 0 Å². The normalized spacial score (nSPS) is 12.9. The van der Waals surface area contributed by atoms with Crippen LogP contribution in [-0.4, -0.2) is 37.0 Å². The number of anilines is 2. The second kappa shape index (κ2) is 17.9. The summed E-state index contributed by atoms with van der Waals surface area (Å²) >= 11 is 0. The van der Waals surface area contributed by atoms with E-state index in [0.29, 0.717) is 31.7 Å². The average molecular weight is 699 g/mol. The number of hydrogen-bond donors (Lipinski definition) is 3. The summed E-state index contributed by atoms with van der Waals surface area (Å²) in [6.07, 6.45) is 4.47. The van der Waals surface area contributed by atoms with Gasteiger partial charge < -0.3 is 16.4 Å². The number of rotatable bonds is 10. The van der Waals surface area contributed by atoms with Crippen LogP contribution in [0.3, 0.4) is 0 Å². The summed E-state index contributed by atoms with van der Waals surface area (Å²) < 4.78 is 1.57. The molecule has 0 fully saturated rings. The fraction of sp³-hybridized carbons (Fsp3) is 0.355. The summed E-state index contributed by atoms with van der Waals surface area (Å²) in [6, 6.07) is 15.0. The standard InChI is InChI=1S/C31H36N8O2.4ClH/c1-4-21-8-6-10-25(37-21)24(26-11-7-9-22(5-2)38-26)18-34-29-31(41)39-23(17-33-29)13-14-27(39)30(40)35-16-20-12-15-28(32)36-19(20)3;;;;/h6-12,15,17,24,27H,4-5,13-14,16,18H2,1-3H3,(H2,32,36)(H,33,34)(H,35,40);4*1H/t27-;;;;/m0..../s1. The molecule has 244 valence electrons. The highest BCUT2D eigenvalue weighted by Gasteiger charge is 2.31. The van der Waals surface area contributed by atoms with Crippen LogP contribution in [0.2, 0.25) is 0 Å². The monoisotopic (exact) mass is 696 g/mol. The Morgan fingerprint density at radius 2 is 1.58 bits per heavy atom. The number of fused-ring (bicyclic) bond motifs is 1. The maximum absolute atomic E-state index is 13.6. The van der Waals surface area contributed by atoms with Crippen molar-refractivity contribution in [2.75, 3.05) is 17.6 Å². The van der Waals surface area contributed by atoms with Gasteiger partial charge in [0.25, 0.3) is 5.56 Å². The Morgan fingerprint density at radius 1 is 0.956 bits per heavy atom. The van der Waals surface area contributed by atoms with E-state index < -0.39 is 6.04 Å². The molecule has 4 aromatic heterocycles. The lowest BCUT2D eigenvalue weighted by Gasteiger charge is -2.20. The zero-order valence-corrected chi connectivity index (χ0v) is 28.6. The molecule has 0 bridgehead atoms. The predicted octanol–water partition coefficient (Wildman–Crippen LogP) is 5.18. The molecule has 0 aliphatic carbocycles. The Kier molecular flexibility index (Phi) is 15.7. The Bertz CT molecular complexity index is 1590. The minimum atomic E-state index is -0.607. The molecular formula is C31H40Cl4N8O2. The molecule has 0 spiro atoms. The fourth-order valence-corrected chi connectivity index (χ4v) is 5.24. The van der Waals surface area contributed by atoms with E-state index in [1.165, 1.54) is 0 Å². The number of aryl methyl sites for hydroxylation is 4. The van der Waals surface area contributed by atoms with Gasteiger partial charge in [0.15, 0.2) is 5.82 Å². The van der Waals surface area contributed by atoms with Crippen LogP contribution >= 0.6 is 49.6 Å². The lowest BCUT2D eigenvalue weighted by atomic mass is 9.98. The molecule has 14 heteroatoms. The molecule has 5 heterocycles. The molecule has 0 radical (unpaired) electrons. The van der Waals surface area contributed by atoms with E-state index in [9.17, 15) is 9.59 Å². The molecule has 1 atom stereocenters. The minimum Gasteiger partial charge on any atom is -0.384 e.